The second-order valence-corrected chi connectivity index (χ2v) is 3.34. The minimum atomic E-state index is -0.178. The standard InChI is InChI=1S/C10H14N4O/c1-3-14(6-8(2)5-11)9-4-10(15)13-7-12-9/h4,7-8H,3,6H2,1-2H3,(H,12,13,15). The van der Waals surface area contributed by atoms with Crippen LogP contribution in [0.4, 0.5) is 5.82 Å². The lowest BCUT2D eigenvalue weighted by molar-refractivity contribution is 0.678. The van der Waals surface area contributed by atoms with Gasteiger partial charge in [-0.1, -0.05) is 0 Å². The van der Waals surface area contributed by atoms with Gasteiger partial charge in [-0.25, -0.2) is 4.98 Å². The minimum Gasteiger partial charge on any atom is -0.355 e. The summed E-state index contributed by atoms with van der Waals surface area (Å²) in [4.78, 5) is 19.5. The van der Waals surface area contributed by atoms with E-state index in [-0.39, 0.29) is 11.5 Å². The van der Waals surface area contributed by atoms with E-state index >= 15 is 0 Å². The summed E-state index contributed by atoms with van der Waals surface area (Å²) in [5, 5.41) is 8.72. The van der Waals surface area contributed by atoms with E-state index in [0.29, 0.717) is 12.4 Å². The molecule has 0 aliphatic heterocycles. The van der Waals surface area contributed by atoms with Crippen LogP contribution in [0.2, 0.25) is 0 Å². The molecular formula is C10H14N4O. The Kier molecular flexibility index (Phi) is 3.86. The molecule has 1 rings (SSSR count). The van der Waals surface area contributed by atoms with E-state index in [0.717, 1.165) is 6.54 Å². The zero-order chi connectivity index (χ0) is 11.3. The topological polar surface area (TPSA) is 72.8 Å². The van der Waals surface area contributed by atoms with Crippen LogP contribution < -0.4 is 10.5 Å². The summed E-state index contributed by atoms with van der Waals surface area (Å²) in [7, 11) is 0. The molecule has 0 saturated heterocycles. The predicted molar refractivity (Wildman–Crippen MR) is 57.5 cm³/mol. The SMILES string of the molecule is CCN(CC(C)C#N)c1cc(=O)[nH]cn1. The van der Waals surface area contributed by atoms with E-state index in [2.05, 4.69) is 16.0 Å². The Morgan fingerprint density at radius 1 is 1.73 bits per heavy atom. The first kappa shape index (κ1) is 11.2. The quantitative estimate of drug-likeness (QED) is 0.789. The van der Waals surface area contributed by atoms with Gasteiger partial charge in [0.05, 0.1) is 18.3 Å². The van der Waals surface area contributed by atoms with Crippen LogP contribution in [-0.4, -0.2) is 23.1 Å². The average molecular weight is 206 g/mol. The van der Waals surface area contributed by atoms with Crippen molar-refractivity contribution in [2.24, 2.45) is 5.92 Å². The Hall–Kier alpha value is -1.83. The van der Waals surface area contributed by atoms with Crippen molar-refractivity contribution in [2.45, 2.75) is 13.8 Å². The van der Waals surface area contributed by atoms with Gasteiger partial charge in [0.1, 0.15) is 5.82 Å². The van der Waals surface area contributed by atoms with Gasteiger partial charge in [0.2, 0.25) is 0 Å². The first-order chi connectivity index (χ1) is 7.17. The predicted octanol–water partition coefficient (Wildman–Crippen LogP) is 0.756. The number of aromatic amines is 1. The maximum absolute atomic E-state index is 11.1. The van der Waals surface area contributed by atoms with Crippen molar-refractivity contribution in [3.63, 3.8) is 0 Å². The van der Waals surface area contributed by atoms with E-state index in [9.17, 15) is 4.79 Å². The van der Waals surface area contributed by atoms with Crippen LogP contribution >= 0.6 is 0 Å². The molecular weight excluding hydrogens is 192 g/mol. The van der Waals surface area contributed by atoms with Crippen LogP contribution in [0.1, 0.15) is 13.8 Å². The van der Waals surface area contributed by atoms with Crippen molar-refractivity contribution >= 4 is 5.82 Å². The molecule has 0 saturated carbocycles. The Balaban J connectivity index is 2.84. The Morgan fingerprint density at radius 3 is 3.00 bits per heavy atom. The van der Waals surface area contributed by atoms with Gasteiger partial charge in [-0.3, -0.25) is 4.79 Å². The van der Waals surface area contributed by atoms with Gasteiger partial charge >= 0.3 is 0 Å². The number of nitriles is 1. The van der Waals surface area contributed by atoms with Crippen LogP contribution in [-0.2, 0) is 0 Å². The van der Waals surface area contributed by atoms with Crippen LogP contribution in [0.15, 0.2) is 17.2 Å². The monoisotopic (exact) mass is 206 g/mol. The van der Waals surface area contributed by atoms with Crippen molar-refractivity contribution < 1.29 is 0 Å². The number of nitrogens with zero attached hydrogens (tertiary/aromatic N) is 3. The van der Waals surface area contributed by atoms with Crippen molar-refractivity contribution in [3.8, 4) is 6.07 Å². The van der Waals surface area contributed by atoms with Gasteiger partial charge in [0, 0.05) is 19.2 Å². The lowest BCUT2D eigenvalue weighted by atomic mass is 10.2. The van der Waals surface area contributed by atoms with Gasteiger partial charge in [0.15, 0.2) is 0 Å². The molecule has 0 aromatic carbocycles. The summed E-state index contributed by atoms with van der Waals surface area (Å²) in [5.74, 6) is 0.536. The van der Waals surface area contributed by atoms with Gasteiger partial charge in [-0.05, 0) is 13.8 Å². The van der Waals surface area contributed by atoms with Crippen LogP contribution in [0.3, 0.4) is 0 Å². The van der Waals surface area contributed by atoms with Crippen molar-refractivity contribution in [3.05, 3.63) is 22.7 Å². The minimum absolute atomic E-state index is 0.0777. The van der Waals surface area contributed by atoms with Crippen molar-refractivity contribution in [1.82, 2.24) is 9.97 Å². The Bertz CT molecular complexity index is 406. The molecule has 0 fully saturated rings. The number of aromatic nitrogens is 2. The zero-order valence-electron chi connectivity index (χ0n) is 8.90. The highest BCUT2D eigenvalue weighted by molar-refractivity contribution is 5.36. The molecule has 80 valence electrons. The van der Waals surface area contributed by atoms with E-state index < -0.39 is 0 Å². The highest BCUT2D eigenvalue weighted by Crippen LogP contribution is 2.08. The second kappa shape index (κ2) is 5.15. The Morgan fingerprint density at radius 2 is 2.47 bits per heavy atom. The molecule has 5 nitrogen and oxygen atoms in total. The largest absolute Gasteiger partial charge is 0.355 e. The third-order valence-corrected chi connectivity index (χ3v) is 2.08. The van der Waals surface area contributed by atoms with Gasteiger partial charge in [0.25, 0.3) is 5.56 Å². The maximum Gasteiger partial charge on any atom is 0.252 e. The molecule has 15 heavy (non-hydrogen) atoms. The molecule has 1 aromatic heterocycles. The molecule has 0 aliphatic carbocycles. The molecule has 0 bridgehead atoms. The summed E-state index contributed by atoms with van der Waals surface area (Å²) < 4.78 is 0. The Labute approximate surface area is 88.4 Å². The fraction of sp³-hybridized carbons (Fsp3) is 0.500. The third-order valence-electron chi connectivity index (χ3n) is 2.08. The fourth-order valence-corrected chi connectivity index (χ4v) is 1.29. The number of hydrogen-bond donors (Lipinski definition) is 1. The lowest BCUT2D eigenvalue weighted by Crippen LogP contribution is -2.29. The van der Waals surface area contributed by atoms with Gasteiger partial charge < -0.3 is 9.88 Å². The van der Waals surface area contributed by atoms with Gasteiger partial charge in [-0.15, -0.1) is 0 Å². The van der Waals surface area contributed by atoms with Gasteiger partial charge in [-0.2, -0.15) is 5.26 Å². The molecule has 0 radical (unpaired) electrons. The number of anilines is 1. The van der Waals surface area contributed by atoms with E-state index in [1.807, 2.05) is 18.7 Å². The summed E-state index contributed by atoms with van der Waals surface area (Å²) >= 11 is 0. The molecule has 1 N–H and O–H groups in total. The van der Waals surface area contributed by atoms with Crippen molar-refractivity contribution in [1.29, 1.82) is 5.26 Å². The normalized spacial score (nSPS) is 11.8. The van der Waals surface area contributed by atoms with E-state index in [4.69, 9.17) is 5.26 Å². The number of nitrogens with one attached hydrogen (secondary N) is 1. The number of hydrogen-bond acceptors (Lipinski definition) is 4. The molecule has 0 amide bonds. The molecule has 5 heteroatoms. The van der Waals surface area contributed by atoms with E-state index in [1.165, 1.54) is 12.4 Å². The summed E-state index contributed by atoms with van der Waals surface area (Å²) in [6, 6.07) is 3.60. The third kappa shape index (κ3) is 3.09. The zero-order valence-corrected chi connectivity index (χ0v) is 8.90. The second-order valence-electron chi connectivity index (χ2n) is 3.34. The molecule has 1 atom stereocenters. The highest BCUT2D eigenvalue weighted by Gasteiger charge is 2.09. The lowest BCUT2D eigenvalue weighted by Gasteiger charge is -2.22. The van der Waals surface area contributed by atoms with Crippen LogP contribution in [0.5, 0.6) is 0 Å². The first-order valence-electron chi connectivity index (χ1n) is 4.86. The smallest absolute Gasteiger partial charge is 0.252 e. The summed E-state index contributed by atoms with van der Waals surface area (Å²) in [6.07, 6.45) is 1.37. The molecule has 1 unspecified atom stereocenters. The van der Waals surface area contributed by atoms with E-state index in [1.54, 1.807) is 0 Å². The molecule has 0 spiro atoms. The fourth-order valence-electron chi connectivity index (χ4n) is 1.29. The molecule has 1 aromatic rings. The van der Waals surface area contributed by atoms with Crippen LogP contribution in [0, 0.1) is 17.2 Å². The maximum atomic E-state index is 11.1. The molecule has 1 heterocycles. The molecule has 0 aliphatic rings. The summed E-state index contributed by atoms with van der Waals surface area (Å²) in [5.41, 5.74) is -0.178. The number of H-pyrrole nitrogens is 1. The first-order valence-corrected chi connectivity index (χ1v) is 4.86. The van der Waals surface area contributed by atoms with Crippen molar-refractivity contribution in [2.75, 3.05) is 18.0 Å². The summed E-state index contributed by atoms with van der Waals surface area (Å²) in [6.45, 7) is 5.12. The average Bonchev–Trinajstić information content (AvgIpc) is 2.25. The number of rotatable bonds is 4. The highest BCUT2D eigenvalue weighted by atomic mass is 16.1. The van der Waals surface area contributed by atoms with Crippen LogP contribution in [0.25, 0.3) is 0 Å².